The summed E-state index contributed by atoms with van der Waals surface area (Å²) in [6.45, 7) is 2.30. The van der Waals surface area contributed by atoms with E-state index in [0.29, 0.717) is 29.3 Å². The lowest BCUT2D eigenvalue weighted by atomic mass is 10.2. The number of benzene rings is 2. The van der Waals surface area contributed by atoms with E-state index in [9.17, 15) is 9.59 Å². The highest BCUT2D eigenvalue weighted by Crippen LogP contribution is 2.14. The van der Waals surface area contributed by atoms with Crippen LogP contribution < -0.4 is 15.4 Å². The van der Waals surface area contributed by atoms with Gasteiger partial charge in [0.2, 0.25) is 0 Å². The molecule has 1 aromatic heterocycles. The second kappa shape index (κ2) is 9.41. The molecule has 3 aromatic rings. The molecule has 28 heavy (non-hydrogen) atoms. The normalized spacial score (nSPS) is 10.3. The van der Waals surface area contributed by atoms with Crippen molar-refractivity contribution in [2.45, 2.75) is 19.9 Å². The van der Waals surface area contributed by atoms with E-state index >= 15 is 0 Å². The van der Waals surface area contributed by atoms with E-state index in [1.54, 1.807) is 42.7 Å². The molecule has 2 N–H and O–H groups in total. The number of hydrogen-bond donors (Lipinski definition) is 2. The molecule has 6 heteroatoms. The molecule has 0 unspecified atom stereocenters. The van der Waals surface area contributed by atoms with E-state index in [1.807, 2.05) is 24.3 Å². The lowest BCUT2D eigenvalue weighted by Crippen LogP contribution is -2.23. The Morgan fingerprint density at radius 2 is 1.86 bits per heavy atom. The van der Waals surface area contributed by atoms with Gasteiger partial charge >= 0.3 is 0 Å². The van der Waals surface area contributed by atoms with Crippen molar-refractivity contribution in [1.29, 1.82) is 0 Å². The number of anilines is 1. The van der Waals surface area contributed by atoms with Crippen LogP contribution in [0.2, 0.25) is 0 Å². The number of amides is 2. The number of furan rings is 1. The maximum absolute atomic E-state index is 12.1. The molecule has 0 aliphatic carbocycles. The summed E-state index contributed by atoms with van der Waals surface area (Å²) in [5.74, 6) is 0.866. The highest BCUT2D eigenvalue weighted by Gasteiger charge is 2.08. The smallest absolute Gasteiger partial charge is 0.262 e. The summed E-state index contributed by atoms with van der Waals surface area (Å²) >= 11 is 0. The topological polar surface area (TPSA) is 80.6 Å². The predicted octanol–water partition coefficient (Wildman–Crippen LogP) is 3.79. The molecule has 6 nitrogen and oxygen atoms in total. The van der Waals surface area contributed by atoms with Crippen molar-refractivity contribution < 1.29 is 18.7 Å². The standard InChI is InChI=1S/C22H22N2O4/c1-2-16-5-3-6-19(13-16)28-15-21(25)24-18-10-8-17(9-11-18)22(26)23-14-20-7-4-12-27-20/h3-13H,2,14-15H2,1H3,(H,23,26)(H,24,25). The van der Waals surface area contributed by atoms with Gasteiger partial charge in [-0.15, -0.1) is 0 Å². The van der Waals surface area contributed by atoms with Crippen LogP contribution in [0.15, 0.2) is 71.3 Å². The summed E-state index contributed by atoms with van der Waals surface area (Å²) < 4.78 is 10.7. The molecular weight excluding hydrogens is 356 g/mol. The van der Waals surface area contributed by atoms with Gasteiger partial charge in [0, 0.05) is 11.3 Å². The highest BCUT2D eigenvalue weighted by atomic mass is 16.5. The maximum Gasteiger partial charge on any atom is 0.262 e. The zero-order chi connectivity index (χ0) is 19.8. The Balaban J connectivity index is 1.47. The van der Waals surface area contributed by atoms with E-state index < -0.39 is 0 Å². The van der Waals surface area contributed by atoms with Gasteiger partial charge in [-0.25, -0.2) is 0 Å². The van der Waals surface area contributed by atoms with Crippen molar-refractivity contribution in [3.8, 4) is 5.75 Å². The Morgan fingerprint density at radius 3 is 2.57 bits per heavy atom. The summed E-state index contributed by atoms with van der Waals surface area (Å²) in [5.41, 5.74) is 2.24. The van der Waals surface area contributed by atoms with Crippen molar-refractivity contribution in [1.82, 2.24) is 5.32 Å². The first-order valence-corrected chi connectivity index (χ1v) is 9.06. The minimum atomic E-state index is -0.267. The average Bonchev–Trinajstić information content (AvgIpc) is 3.25. The quantitative estimate of drug-likeness (QED) is 0.625. The third-order valence-electron chi connectivity index (χ3n) is 4.11. The second-order valence-corrected chi connectivity index (χ2v) is 6.18. The molecule has 0 radical (unpaired) electrons. The number of aryl methyl sites for hydroxylation is 1. The number of ether oxygens (including phenoxy) is 1. The molecule has 0 bridgehead atoms. The zero-order valence-corrected chi connectivity index (χ0v) is 15.6. The largest absolute Gasteiger partial charge is 0.484 e. The van der Waals surface area contributed by atoms with Crippen LogP contribution in [-0.4, -0.2) is 18.4 Å². The molecule has 0 spiro atoms. The molecule has 0 atom stereocenters. The van der Waals surface area contributed by atoms with E-state index in [2.05, 4.69) is 17.6 Å². The lowest BCUT2D eigenvalue weighted by Gasteiger charge is -2.09. The lowest BCUT2D eigenvalue weighted by molar-refractivity contribution is -0.118. The first kappa shape index (κ1) is 19.2. The van der Waals surface area contributed by atoms with Gasteiger partial charge in [0.15, 0.2) is 6.61 Å². The Bertz CT molecular complexity index is 918. The molecule has 1 heterocycles. The molecule has 0 fully saturated rings. The van der Waals surface area contributed by atoms with Gasteiger partial charge in [0.05, 0.1) is 12.8 Å². The van der Waals surface area contributed by atoms with E-state index in [4.69, 9.17) is 9.15 Å². The number of carbonyl (C=O) groups excluding carboxylic acids is 2. The van der Waals surface area contributed by atoms with Gasteiger partial charge < -0.3 is 19.8 Å². The maximum atomic E-state index is 12.1. The summed E-state index contributed by atoms with van der Waals surface area (Å²) in [5, 5.41) is 5.52. The minimum absolute atomic E-state index is 0.0848. The monoisotopic (exact) mass is 378 g/mol. The fourth-order valence-electron chi connectivity index (χ4n) is 2.59. The van der Waals surface area contributed by atoms with Gasteiger partial charge in [-0.3, -0.25) is 9.59 Å². The number of rotatable bonds is 8. The van der Waals surface area contributed by atoms with Crippen molar-refractivity contribution in [3.63, 3.8) is 0 Å². The number of carbonyl (C=O) groups is 2. The first-order chi connectivity index (χ1) is 13.6. The van der Waals surface area contributed by atoms with E-state index in [1.165, 1.54) is 0 Å². The van der Waals surface area contributed by atoms with Crippen LogP contribution in [-0.2, 0) is 17.8 Å². The molecule has 144 valence electrons. The van der Waals surface area contributed by atoms with Crippen molar-refractivity contribution >= 4 is 17.5 Å². The van der Waals surface area contributed by atoms with E-state index in [-0.39, 0.29) is 18.4 Å². The molecule has 0 saturated heterocycles. The molecule has 0 aliphatic rings. The number of nitrogens with one attached hydrogen (secondary N) is 2. The molecule has 0 saturated carbocycles. The van der Waals surface area contributed by atoms with Crippen LogP contribution in [0.4, 0.5) is 5.69 Å². The van der Waals surface area contributed by atoms with E-state index in [0.717, 1.165) is 12.0 Å². The van der Waals surface area contributed by atoms with Crippen LogP contribution >= 0.6 is 0 Å². The Kier molecular flexibility index (Phi) is 6.46. The van der Waals surface area contributed by atoms with Crippen molar-refractivity contribution in [2.24, 2.45) is 0 Å². The van der Waals surface area contributed by atoms with Gasteiger partial charge in [0.1, 0.15) is 11.5 Å². The van der Waals surface area contributed by atoms with Crippen LogP contribution in [0.5, 0.6) is 5.75 Å². The van der Waals surface area contributed by atoms with Crippen LogP contribution in [0.25, 0.3) is 0 Å². The Labute approximate surface area is 163 Å². The van der Waals surface area contributed by atoms with Gasteiger partial charge in [-0.05, 0) is 60.5 Å². The molecule has 0 aliphatic heterocycles. The third kappa shape index (κ3) is 5.48. The van der Waals surface area contributed by atoms with Crippen LogP contribution in [0.1, 0.15) is 28.6 Å². The first-order valence-electron chi connectivity index (χ1n) is 9.06. The molecular formula is C22H22N2O4. The number of hydrogen-bond acceptors (Lipinski definition) is 4. The van der Waals surface area contributed by atoms with Crippen LogP contribution in [0.3, 0.4) is 0 Å². The third-order valence-corrected chi connectivity index (χ3v) is 4.11. The summed E-state index contributed by atoms with van der Waals surface area (Å²) in [7, 11) is 0. The SMILES string of the molecule is CCc1cccc(OCC(=O)Nc2ccc(C(=O)NCc3ccco3)cc2)c1. The molecule has 3 rings (SSSR count). The Morgan fingerprint density at radius 1 is 1.04 bits per heavy atom. The minimum Gasteiger partial charge on any atom is -0.484 e. The fourth-order valence-corrected chi connectivity index (χ4v) is 2.59. The molecule has 2 aromatic carbocycles. The van der Waals surface area contributed by atoms with Crippen molar-refractivity contribution in [2.75, 3.05) is 11.9 Å². The average molecular weight is 378 g/mol. The van der Waals surface area contributed by atoms with Gasteiger partial charge in [-0.1, -0.05) is 19.1 Å². The summed E-state index contributed by atoms with van der Waals surface area (Å²) in [6.07, 6.45) is 2.47. The summed E-state index contributed by atoms with van der Waals surface area (Å²) in [6, 6.07) is 17.9. The zero-order valence-electron chi connectivity index (χ0n) is 15.6. The molecule has 2 amide bonds. The van der Waals surface area contributed by atoms with Crippen LogP contribution in [0, 0.1) is 0 Å². The second-order valence-electron chi connectivity index (χ2n) is 6.18. The van der Waals surface area contributed by atoms with Crippen molar-refractivity contribution in [3.05, 3.63) is 83.8 Å². The predicted molar refractivity (Wildman–Crippen MR) is 106 cm³/mol. The summed E-state index contributed by atoms with van der Waals surface area (Å²) in [4.78, 5) is 24.2. The van der Waals surface area contributed by atoms with Gasteiger partial charge in [0.25, 0.3) is 11.8 Å². The highest BCUT2D eigenvalue weighted by molar-refractivity contribution is 5.96. The van der Waals surface area contributed by atoms with Gasteiger partial charge in [-0.2, -0.15) is 0 Å². The fraction of sp³-hybridized carbons (Fsp3) is 0.182. The Hall–Kier alpha value is -3.54.